The van der Waals surface area contributed by atoms with Crippen LogP contribution in [0.1, 0.15) is 57.2 Å². The highest BCUT2D eigenvalue weighted by molar-refractivity contribution is 5.81. The van der Waals surface area contributed by atoms with Gasteiger partial charge >= 0.3 is 5.97 Å². The number of hydrogen-bond acceptors (Lipinski definition) is 3. The molecule has 27 heavy (non-hydrogen) atoms. The first-order chi connectivity index (χ1) is 12.8. The molecule has 1 aromatic carbocycles. The third-order valence-electron chi connectivity index (χ3n) is 3.72. The van der Waals surface area contributed by atoms with Crippen molar-refractivity contribution in [2.24, 2.45) is 0 Å². The van der Waals surface area contributed by atoms with Gasteiger partial charge < -0.3 is 9.47 Å². The van der Waals surface area contributed by atoms with Gasteiger partial charge in [-0.15, -0.1) is 0 Å². The van der Waals surface area contributed by atoms with Gasteiger partial charge in [0, 0.05) is 6.42 Å². The minimum atomic E-state index is -0.398. The van der Waals surface area contributed by atoms with Crippen LogP contribution in [0.5, 0.6) is 5.75 Å². The lowest BCUT2D eigenvalue weighted by Gasteiger charge is -2.15. The van der Waals surface area contributed by atoms with E-state index in [1.54, 1.807) is 14.0 Å². The molecule has 0 saturated carbocycles. The van der Waals surface area contributed by atoms with Crippen LogP contribution in [0.4, 0.5) is 4.39 Å². The minimum absolute atomic E-state index is 0.00836. The molecular weight excluding hydrogens is 343 g/mol. The topological polar surface area (TPSA) is 35.5 Å². The summed E-state index contributed by atoms with van der Waals surface area (Å²) >= 11 is 0. The van der Waals surface area contributed by atoms with Crippen LogP contribution in [0.2, 0.25) is 0 Å². The number of halogens is 1. The summed E-state index contributed by atoms with van der Waals surface area (Å²) in [6, 6.07) is 3.84. The maximum atomic E-state index is 14.4. The number of benzene rings is 1. The highest BCUT2D eigenvalue weighted by Crippen LogP contribution is 2.32. The Labute approximate surface area is 163 Å². The van der Waals surface area contributed by atoms with Crippen molar-refractivity contribution in [2.45, 2.75) is 54.4 Å². The summed E-state index contributed by atoms with van der Waals surface area (Å²) in [5.41, 5.74) is 4.38. The predicted octanol–water partition coefficient (Wildman–Crippen LogP) is 6.49. The molecule has 0 aromatic heterocycles. The van der Waals surface area contributed by atoms with Gasteiger partial charge in [0.25, 0.3) is 0 Å². The molecule has 0 N–H and O–H groups in total. The SMILES string of the molecule is C=C(C)/C=C(\C=C(/F)CCC(=O)OCC)c1c(C)ccc(OC)c1C.CC. The standard InChI is InChI=1S/C21H27FO3.C2H6/c1-7-25-20(23)11-9-18(22)13-17(12-14(2)3)21-15(4)8-10-19(24-6)16(21)5;1-2/h8,10,12-13H,2,7,9,11H2,1,3-6H3;1-2H3/b17-12+,18-13-;. The number of rotatable bonds is 8. The van der Waals surface area contributed by atoms with Crippen LogP contribution in [0.25, 0.3) is 5.57 Å². The molecule has 0 spiro atoms. The zero-order chi connectivity index (χ0) is 21.0. The maximum Gasteiger partial charge on any atom is 0.306 e. The molecular formula is C23H33FO3. The molecule has 150 valence electrons. The molecule has 0 aliphatic heterocycles. The molecule has 0 heterocycles. The Morgan fingerprint density at radius 2 is 1.81 bits per heavy atom. The van der Waals surface area contributed by atoms with Gasteiger partial charge in [0.2, 0.25) is 0 Å². The molecule has 0 saturated heterocycles. The normalized spacial score (nSPS) is 11.4. The van der Waals surface area contributed by atoms with Crippen molar-refractivity contribution < 1.29 is 18.7 Å². The molecule has 1 rings (SSSR count). The molecule has 0 aliphatic rings. The average molecular weight is 377 g/mol. The molecule has 0 fully saturated rings. The Morgan fingerprint density at radius 3 is 2.33 bits per heavy atom. The second-order valence-corrected chi connectivity index (χ2v) is 5.93. The molecule has 3 nitrogen and oxygen atoms in total. The summed E-state index contributed by atoms with van der Waals surface area (Å²) in [5.74, 6) is -0.0269. The third-order valence-corrected chi connectivity index (χ3v) is 3.72. The van der Waals surface area contributed by atoms with Crippen molar-refractivity contribution in [2.75, 3.05) is 13.7 Å². The number of hydrogen-bond donors (Lipinski definition) is 0. The molecule has 0 bridgehead atoms. The van der Waals surface area contributed by atoms with Gasteiger partial charge in [-0.1, -0.05) is 38.1 Å². The first-order valence-electron chi connectivity index (χ1n) is 9.33. The van der Waals surface area contributed by atoms with Crippen LogP contribution in [0, 0.1) is 13.8 Å². The second kappa shape index (κ2) is 12.9. The summed E-state index contributed by atoms with van der Waals surface area (Å²) in [4.78, 5) is 11.4. The van der Waals surface area contributed by atoms with E-state index < -0.39 is 5.97 Å². The smallest absolute Gasteiger partial charge is 0.306 e. The summed E-state index contributed by atoms with van der Waals surface area (Å²) < 4.78 is 24.6. The van der Waals surface area contributed by atoms with Gasteiger partial charge in [0.05, 0.1) is 20.1 Å². The zero-order valence-corrected chi connectivity index (χ0v) is 17.7. The Hall–Kier alpha value is -2.36. The molecule has 0 atom stereocenters. The molecule has 0 aliphatic carbocycles. The number of carbonyl (C=O) groups excluding carboxylic acids is 1. The van der Waals surface area contributed by atoms with E-state index in [-0.39, 0.29) is 18.7 Å². The number of ether oxygens (including phenoxy) is 2. The maximum absolute atomic E-state index is 14.4. The first kappa shape index (κ1) is 24.6. The van der Waals surface area contributed by atoms with Crippen molar-refractivity contribution in [3.8, 4) is 5.75 Å². The van der Waals surface area contributed by atoms with Gasteiger partial charge in [-0.3, -0.25) is 4.79 Å². The average Bonchev–Trinajstić information content (AvgIpc) is 2.61. The van der Waals surface area contributed by atoms with E-state index in [1.807, 2.05) is 52.8 Å². The van der Waals surface area contributed by atoms with Crippen LogP contribution < -0.4 is 4.74 Å². The lowest BCUT2D eigenvalue weighted by molar-refractivity contribution is -0.143. The number of allylic oxidation sites excluding steroid dienone is 5. The van der Waals surface area contributed by atoms with Crippen molar-refractivity contribution in [3.63, 3.8) is 0 Å². The predicted molar refractivity (Wildman–Crippen MR) is 112 cm³/mol. The van der Waals surface area contributed by atoms with E-state index in [4.69, 9.17) is 9.47 Å². The quantitative estimate of drug-likeness (QED) is 0.384. The van der Waals surface area contributed by atoms with E-state index in [2.05, 4.69) is 6.58 Å². The Kier molecular flexibility index (Phi) is 11.8. The van der Waals surface area contributed by atoms with Crippen molar-refractivity contribution in [1.82, 2.24) is 0 Å². The summed E-state index contributed by atoms with van der Waals surface area (Å²) in [7, 11) is 1.61. The fourth-order valence-corrected chi connectivity index (χ4v) is 2.64. The molecule has 0 unspecified atom stereocenters. The Bertz CT molecular complexity index is 700. The van der Waals surface area contributed by atoms with Gasteiger partial charge in [-0.25, -0.2) is 4.39 Å². The van der Waals surface area contributed by atoms with Crippen LogP contribution in [0.15, 0.2) is 42.3 Å². The monoisotopic (exact) mass is 376 g/mol. The van der Waals surface area contributed by atoms with Crippen LogP contribution >= 0.6 is 0 Å². The number of methoxy groups -OCH3 is 1. The van der Waals surface area contributed by atoms with Crippen LogP contribution in [-0.2, 0) is 9.53 Å². The largest absolute Gasteiger partial charge is 0.496 e. The van der Waals surface area contributed by atoms with E-state index in [1.165, 1.54) is 6.08 Å². The minimum Gasteiger partial charge on any atom is -0.496 e. The van der Waals surface area contributed by atoms with Crippen LogP contribution in [0.3, 0.4) is 0 Å². The fraction of sp³-hybridized carbons (Fsp3) is 0.435. The van der Waals surface area contributed by atoms with Gasteiger partial charge in [0.1, 0.15) is 11.6 Å². The lowest BCUT2D eigenvalue weighted by atomic mass is 9.93. The van der Waals surface area contributed by atoms with Crippen LogP contribution in [-0.4, -0.2) is 19.7 Å². The Morgan fingerprint density at radius 1 is 1.19 bits per heavy atom. The lowest BCUT2D eigenvalue weighted by Crippen LogP contribution is -2.03. The highest BCUT2D eigenvalue weighted by atomic mass is 19.1. The number of aryl methyl sites for hydroxylation is 1. The molecule has 0 radical (unpaired) electrons. The summed E-state index contributed by atoms with van der Waals surface area (Å²) in [5, 5.41) is 0. The number of carbonyl (C=O) groups is 1. The van der Waals surface area contributed by atoms with E-state index in [0.29, 0.717) is 12.2 Å². The third kappa shape index (κ3) is 8.25. The zero-order valence-electron chi connectivity index (χ0n) is 17.7. The van der Waals surface area contributed by atoms with E-state index >= 15 is 0 Å². The van der Waals surface area contributed by atoms with Crippen molar-refractivity contribution in [1.29, 1.82) is 0 Å². The fourth-order valence-electron chi connectivity index (χ4n) is 2.64. The number of esters is 1. The Balaban J connectivity index is 0.00000326. The van der Waals surface area contributed by atoms with E-state index in [9.17, 15) is 9.18 Å². The summed E-state index contributed by atoms with van der Waals surface area (Å²) in [6.07, 6.45) is 3.32. The van der Waals surface area contributed by atoms with Crippen molar-refractivity contribution in [3.05, 3.63) is 59.0 Å². The molecule has 4 heteroatoms. The molecule has 1 aromatic rings. The molecule has 0 amide bonds. The van der Waals surface area contributed by atoms with Gasteiger partial charge in [0.15, 0.2) is 0 Å². The highest BCUT2D eigenvalue weighted by Gasteiger charge is 2.13. The summed E-state index contributed by atoms with van der Waals surface area (Å²) in [6.45, 7) is 15.7. The second-order valence-electron chi connectivity index (χ2n) is 5.93. The van der Waals surface area contributed by atoms with Crippen molar-refractivity contribution >= 4 is 11.5 Å². The van der Waals surface area contributed by atoms with Gasteiger partial charge in [-0.2, -0.15) is 0 Å². The first-order valence-corrected chi connectivity index (χ1v) is 9.33. The van der Waals surface area contributed by atoms with Gasteiger partial charge in [-0.05, 0) is 62.1 Å². The van der Waals surface area contributed by atoms with E-state index in [0.717, 1.165) is 28.0 Å².